The summed E-state index contributed by atoms with van der Waals surface area (Å²) in [5, 5.41) is 3.56. The maximum Gasteiger partial charge on any atom is 0.273 e. The van der Waals surface area contributed by atoms with Gasteiger partial charge in [0.25, 0.3) is 5.91 Å². The van der Waals surface area contributed by atoms with Crippen molar-refractivity contribution in [1.82, 2.24) is 9.88 Å². The number of likely N-dealkylation sites (tertiary alicyclic amines) is 1. The van der Waals surface area contributed by atoms with E-state index < -0.39 is 5.79 Å². The predicted molar refractivity (Wildman–Crippen MR) is 118 cm³/mol. The summed E-state index contributed by atoms with van der Waals surface area (Å²) in [5.41, 5.74) is 1.73. The summed E-state index contributed by atoms with van der Waals surface area (Å²) in [4.78, 5) is 24.1. The minimum atomic E-state index is -0.465. The Hall–Kier alpha value is -1.87. The number of aromatic nitrogens is 1. The van der Waals surface area contributed by atoms with Crippen molar-refractivity contribution >= 4 is 39.7 Å². The first-order chi connectivity index (χ1) is 14.6. The maximum atomic E-state index is 12.9. The maximum absolute atomic E-state index is 12.9. The van der Waals surface area contributed by atoms with Crippen LogP contribution in [0.5, 0.6) is 0 Å². The first kappa shape index (κ1) is 20.1. The molecule has 1 aromatic carbocycles. The molecular weight excluding hydrogens is 424 g/mol. The minimum Gasteiger partial charge on any atom is -0.368 e. The Morgan fingerprint density at radius 3 is 2.27 bits per heavy atom. The zero-order chi connectivity index (χ0) is 20.6. The number of hydrogen-bond acceptors (Lipinski definition) is 7. The molecule has 0 aliphatic carbocycles. The zero-order valence-corrected chi connectivity index (χ0v) is 18.3. The molecule has 0 bridgehead atoms. The van der Waals surface area contributed by atoms with E-state index in [0.29, 0.717) is 32.0 Å². The molecule has 1 aromatic heterocycles. The second-order valence-electron chi connectivity index (χ2n) is 7.87. The summed E-state index contributed by atoms with van der Waals surface area (Å²) in [5.74, 6) is -0.460. The number of piperidine rings is 1. The molecule has 1 spiro atoms. The highest BCUT2D eigenvalue weighted by molar-refractivity contribution is 7.13. The molecular formula is C21H25ClN4O3S. The lowest BCUT2D eigenvalue weighted by Crippen LogP contribution is -2.47. The Morgan fingerprint density at radius 1 is 0.967 bits per heavy atom. The molecule has 1 amide bonds. The van der Waals surface area contributed by atoms with Crippen molar-refractivity contribution in [1.29, 1.82) is 0 Å². The predicted octanol–water partition coefficient (Wildman–Crippen LogP) is 3.10. The SMILES string of the molecule is O=C(c1csc(N2CCN(c3ccc(Cl)cc3)CC2)n1)N1CCC2(CC1)OCCO2. The van der Waals surface area contributed by atoms with Crippen molar-refractivity contribution in [2.45, 2.75) is 18.6 Å². The van der Waals surface area contributed by atoms with Crippen LogP contribution in [0.3, 0.4) is 0 Å². The van der Waals surface area contributed by atoms with E-state index in [4.69, 9.17) is 21.1 Å². The Bertz CT molecular complexity index is 882. The van der Waals surface area contributed by atoms with Gasteiger partial charge in [-0.15, -0.1) is 11.3 Å². The molecule has 0 saturated carbocycles. The standard InChI is InChI=1S/C21H25ClN4O3S/c22-16-1-3-17(4-2-16)24-9-11-26(12-10-24)20-23-18(15-30-20)19(27)25-7-5-21(6-8-25)28-13-14-29-21/h1-4,15H,5-14H2. The summed E-state index contributed by atoms with van der Waals surface area (Å²) in [7, 11) is 0. The van der Waals surface area contributed by atoms with Gasteiger partial charge in [-0.25, -0.2) is 4.98 Å². The van der Waals surface area contributed by atoms with Gasteiger partial charge in [0.15, 0.2) is 10.9 Å². The van der Waals surface area contributed by atoms with Crippen LogP contribution in [0, 0.1) is 0 Å². The number of piperazine rings is 1. The van der Waals surface area contributed by atoms with E-state index in [2.05, 4.69) is 26.9 Å². The quantitative estimate of drug-likeness (QED) is 0.719. The van der Waals surface area contributed by atoms with Crippen LogP contribution in [0.25, 0.3) is 0 Å². The Kier molecular flexibility index (Phi) is 5.58. The molecule has 0 atom stereocenters. The van der Waals surface area contributed by atoms with Gasteiger partial charge < -0.3 is 24.2 Å². The van der Waals surface area contributed by atoms with Crippen LogP contribution in [-0.4, -0.2) is 74.1 Å². The summed E-state index contributed by atoms with van der Waals surface area (Å²) in [6, 6.07) is 7.97. The number of thiazole rings is 1. The lowest BCUT2D eigenvalue weighted by atomic mass is 10.0. The third-order valence-electron chi connectivity index (χ3n) is 6.08. The summed E-state index contributed by atoms with van der Waals surface area (Å²) >= 11 is 7.54. The van der Waals surface area contributed by atoms with Crippen molar-refractivity contribution in [3.63, 3.8) is 0 Å². The first-order valence-corrected chi connectivity index (χ1v) is 11.7. The van der Waals surface area contributed by atoms with Gasteiger partial charge in [-0.1, -0.05) is 11.6 Å². The van der Waals surface area contributed by atoms with E-state index in [1.165, 1.54) is 5.69 Å². The Morgan fingerprint density at radius 2 is 1.60 bits per heavy atom. The number of rotatable bonds is 3. The summed E-state index contributed by atoms with van der Waals surface area (Å²) in [6.07, 6.45) is 1.45. The third-order valence-corrected chi connectivity index (χ3v) is 7.23. The molecule has 3 saturated heterocycles. The normalized spacial score (nSPS) is 21.4. The van der Waals surface area contributed by atoms with Crippen LogP contribution in [0.4, 0.5) is 10.8 Å². The molecule has 3 aliphatic rings. The third kappa shape index (κ3) is 4.01. The fourth-order valence-electron chi connectivity index (χ4n) is 4.31. The molecule has 0 N–H and O–H groups in total. The van der Waals surface area contributed by atoms with Crippen LogP contribution in [-0.2, 0) is 9.47 Å². The molecule has 9 heteroatoms. The molecule has 2 aromatic rings. The van der Waals surface area contributed by atoms with Gasteiger partial charge in [0.1, 0.15) is 5.69 Å². The topological polar surface area (TPSA) is 58.1 Å². The number of carbonyl (C=O) groups is 1. The van der Waals surface area contributed by atoms with E-state index >= 15 is 0 Å². The van der Waals surface area contributed by atoms with Crippen molar-refractivity contribution < 1.29 is 14.3 Å². The van der Waals surface area contributed by atoms with Crippen LogP contribution in [0.2, 0.25) is 5.02 Å². The number of hydrogen-bond donors (Lipinski definition) is 0. The molecule has 5 rings (SSSR count). The van der Waals surface area contributed by atoms with Crippen LogP contribution in [0.15, 0.2) is 29.6 Å². The molecule has 4 heterocycles. The van der Waals surface area contributed by atoms with Gasteiger partial charge in [0, 0.05) is 68.2 Å². The van der Waals surface area contributed by atoms with Gasteiger partial charge in [-0.2, -0.15) is 0 Å². The van der Waals surface area contributed by atoms with Gasteiger partial charge in [0.05, 0.1) is 13.2 Å². The van der Waals surface area contributed by atoms with Crippen molar-refractivity contribution in [3.05, 3.63) is 40.4 Å². The molecule has 0 radical (unpaired) electrons. The van der Waals surface area contributed by atoms with E-state index in [9.17, 15) is 4.79 Å². The van der Waals surface area contributed by atoms with Gasteiger partial charge >= 0.3 is 0 Å². The lowest BCUT2D eigenvalue weighted by Gasteiger charge is -2.37. The highest BCUT2D eigenvalue weighted by atomic mass is 35.5. The number of benzene rings is 1. The summed E-state index contributed by atoms with van der Waals surface area (Å²) < 4.78 is 11.5. The largest absolute Gasteiger partial charge is 0.368 e. The fourth-order valence-corrected chi connectivity index (χ4v) is 5.29. The van der Waals surface area contributed by atoms with Gasteiger partial charge in [-0.3, -0.25) is 4.79 Å². The minimum absolute atomic E-state index is 0.00477. The first-order valence-electron chi connectivity index (χ1n) is 10.4. The Balaban J connectivity index is 1.17. The van der Waals surface area contributed by atoms with Crippen LogP contribution < -0.4 is 9.80 Å². The molecule has 3 fully saturated rings. The number of carbonyl (C=O) groups excluding carboxylic acids is 1. The molecule has 0 unspecified atom stereocenters. The number of ether oxygens (including phenoxy) is 2. The van der Waals surface area contributed by atoms with Crippen molar-refractivity contribution in [2.75, 3.05) is 62.3 Å². The zero-order valence-electron chi connectivity index (χ0n) is 16.8. The highest BCUT2D eigenvalue weighted by Gasteiger charge is 2.41. The highest BCUT2D eigenvalue weighted by Crippen LogP contribution is 2.32. The number of nitrogens with zero attached hydrogens (tertiary/aromatic N) is 4. The number of halogens is 1. The van der Waals surface area contributed by atoms with Crippen molar-refractivity contribution in [3.8, 4) is 0 Å². The average Bonchev–Trinajstić information content (AvgIpc) is 3.45. The monoisotopic (exact) mass is 448 g/mol. The fraction of sp³-hybridized carbons (Fsp3) is 0.524. The summed E-state index contributed by atoms with van der Waals surface area (Å²) in [6.45, 7) is 6.17. The van der Waals surface area contributed by atoms with Gasteiger partial charge in [0.2, 0.25) is 0 Å². The van der Waals surface area contributed by atoms with Gasteiger partial charge in [-0.05, 0) is 24.3 Å². The second kappa shape index (κ2) is 8.34. The number of amides is 1. The Labute approximate surface area is 185 Å². The van der Waals surface area contributed by atoms with Crippen molar-refractivity contribution in [2.24, 2.45) is 0 Å². The van der Waals surface area contributed by atoms with E-state index in [1.54, 1.807) is 11.3 Å². The molecule has 30 heavy (non-hydrogen) atoms. The lowest BCUT2D eigenvalue weighted by molar-refractivity contribution is -0.181. The van der Waals surface area contributed by atoms with E-state index in [-0.39, 0.29) is 5.91 Å². The molecule has 160 valence electrons. The van der Waals surface area contributed by atoms with Crippen LogP contribution in [0.1, 0.15) is 23.3 Å². The molecule has 3 aliphatic heterocycles. The second-order valence-corrected chi connectivity index (χ2v) is 9.14. The van der Waals surface area contributed by atoms with Crippen LogP contribution >= 0.6 is 22.9 Å². The van der Waals surface area contributed by atoms with E-state index in [0.717, 1.165) is 49.2 Å². The smallest absolute Gasteiger partial charge is 0.273 e. The number of anilines is 2. The van der Waals surface area contributed by atoms with E-state index in [1.807, 2.05) is 22.4 Å². The molecule has 7 nitrogen and oxygen atoms in total. The average molecular weight is 449 g/mol.